The van der Waals surface area contributed by atoms with Crippen LogP contribution in [-0.4, -0.2) is 35.1 Å². The fourth-order valence-corrected chi connectivity index (χ4v) is 6.67. The summed E-state index contributed by atoms with van der Waals surface area (Å²) in [4.78, 5) is 0. The molecule has 0 aromatic heterocycles. The summed E-state index contributed by atoms with van der Waals surface area (Å²) in [7, 11) is 0. The van der Waals surface area contributed by atoms with E-state index < -0.39 is 0 Å². The van der Waals surface area contributed by atoms with Gasteiger partial charge in [-0.15, -0.1) is 0 Å². The fourth-order valence-electron chi connectivity index (χ4n) is 3.72. The van der Waals surface area contributed by atoms with Crippen molar-refractivity contribution in [2.24, 2.45) is 11.8 Å². The molecule has 0 spiro atoms. The van der Waals surface area contributed by atoms with Gasteiger partial charge in [0.05, 0.1) is 0 Å². The lowest BCUT2D eigenvalue weighted by atomic mass is 9.73. The molecule has 3 heteroatoms. The largest absolute Gasteiger partial charge is 0.313 e. The van der Waals surface area contributed by atoms with Gasteiger partial charge in [-0.3, -0.25) is 0 Å². The van der Waals surface area contributed by atoms with E-state index in [9.17, 15) is 0 Å². The van der Waals surface area contributed by atoms with Crippen LogP contribution in [0.1, 0.15) is 46.0 Å². The monoisotopic (exact) mass is 287 g/mol. The van der Waals surface area contributed by atoms with Crippen molar-refractivity contribution in [1.29, 1.82) is 0 Å². The van der Waals surface area contributed by atoms with Gasteiger partial charge in [-0.05, 0) is 24.8 Å². The number of hydrogen-bond donors (Lipinski definition) is 1. The molecule has 1 aliphatic carbocycles. The standard InChI is InChI=1S/C15H29NS2/c1-3-12-7-5-6-8-13(12)15(16-4-2)14-11-17-9-10-18-14/h12-16H,3-11H2,1-2H3. The molecule has 0 radical (unpaired) electrons. The van der Waals surface area contributed by atoms with Crippen molar-refractivity contribution in [3.05, 3.63) is 0 Å². The first-order valence-electron chi connectivity index (χ1n) is 7.79. The number of hydrogen-bond acceptors (Lipinski definition) is 3. The molecule has 1 saturated heterocycles. The van der Waals surface area contributed by atoms with Gasteiger partial charge in [0.1, 0.15) is 0 Å². The zero-order valence-electron chi connectivity index (χ0n) is 12.0. The van der Waals surface area contributed by atoms with Crippen molar-refractivity contribution in [2.75, 3.05) is 23.8 Å². The molecule has 1 N–H and O–H groups in total. The Kier molecular flexibility index (Phi) is 6.74. The summed E-state index contributed by atoms with van der Waals surface area (Å²) in [6, 6.07) is 0.776. The van der Waals surface area contributed by atoms with Gasteiger partial charge in [0.2, 0.25) is 0 Å². The molecule has 1 heterocycles. The third-order valence-corrected chi connectivity index (χ3v) is 7.52. The van der Waals surface area contributed by atoms with Crippen LogP contribution in [0.15, 0.2) is 0 Å². The van der Waals surface area contributed by atoms with E-state index in [1.54, 1.807) is 0 Å². The van der Waals surface area contributed by atoms with Crippen molar-refractivity contribution in [3.8, 4) is 0 Å². The second kappa shape index (κ2) is 8.06. The minimum atomic E-state index is 0.776. The molecule has 4 unspecified atom stereocenters. The van der Waals surface area contributed by atoms with E-state index in [-0.39, 0.29) is 0 Å². The van der Waals surface area contributed by atoms with Crippen LogP contribution in [0.3, 0.4) is 0 Å². The van der Waals surface area contributed by atoms with E-state index >= 15 is 0 Å². The lowest BCUT2D eigenvalue weighted by molar-refractivity contribution is 0.176. The second-order valence-corrected chi connectivity index (χ2v) is 8.18. The fraction of sp³-hybridized carbons (Fsp3) is 1.00. The Labute approximate surface area is 122 Å². The average molecular weight is 288 g/mol. The lowest BCUT2D eigenvalue weighted by Gasteiger charge is -2.41. The van der Waals surface area contributed by atoms with Crippen LogP contribution in [0.25, 0.3) is 0 Å². The van der Waals surface area contributed by atoms with E-state index in [0.29, 0.717) is 0 Å². The van der Waals surface area contributed by atoms with Gasteiger partial charge in [-0.25, -0.2) is 0 Å². The molecule has 4 atom stereocenters. The third kappa shape index (κ3) is 3.83. The maximum absolute atomic E-state index is 3.85. The number of thioether (sulfide) groups is 2. The van der Waals surface area contributed by atoms with Crippen molar-refractivity contribution in [1.82, 2.24) is 5.32 Å². The first-order chi connectivity index (χ1) is 8.86. The average Bonchev–Trinajstić information content (AvgIpc) is 2.46. The highest BCUT2D eigenvalue weighted by molar-refractivity contribution is 8.06. The van der Waals surface area contributed by atoms with Gasteiger partial charge in [0.15, 0.2) is 0 Å². The van der Waals surface area contributed by atoms with Crippen LogP contribution in [0.4, 0.5) is 0 Å². The van der Waals surface area contributed by atoms with Crippen LogP contribution in [-0.2, 0) is 0 Å². The van der Waals surface area contributed by atoms with E-state index in [1.165, 1.54) is 49.4 Å². The molecule has 0 aromatic carbocycles. The predicted molar refractivity (Wildman–Crippen MR) is 86.8 cm³/mol. The Balaban J connectivity index is 2.01. The molecular weight excluding hydrogens is 258 g/mol. The van der Waals surface area contributed by atoms with E-state index in [2.05, 4.69) is 42.7 Å². The van der Waals surface area contributed by atoms with Gasteiger partial charge < -0.3 is 5.32 Å². The molecule has 2 rings (SSSR count). The lowest BCUT2D eigenvalue weighted by Crippen LogP contribution is -2.49. The van der Waals surface area contributed by atoms with Crippen LogP contribution in [0.2, 0.25) is 0 Å². The van der Waals surface area contributed by atoms with Gasteiger partial charge in [0.25, 0.3) is 0 Å². The first-order valence-corrected chi connectivity index (χ1v) is 9.99. The Morgan fingerprint density at radius 3 is 2.67 bits per heavy atom. The molecule has 1 saturated carbocycles. The normalized spacial score (nSPS) is 35.3. The zero-order valence-corrected chi connectivity index (χ0v) is 13.6. The Morgan fingerprint density at radius 1 is 1.17 bits per heavy atom. The predicted octanol–water partition coefficient (Wildman–Crippen LogP) is 4.03. The third-order valence-electron chi connectivity index (χ3n) is 4.64. The van der Waals surface area contributed by atoms with E-state index in [0.717, 1.165) is 29.7 Å². The molecule has 2 fully saturated rings. The molecule has 2 aliphatic rings. The van der Waals surface area contributed by atoms with Crippen molar-refractivity contribution in [2.45, 2.75) is 57.2 Å². The molecule has 0 aromatic rings. The summed E-state index contributed by atoms with van der Waals surface area (Å²) in [5.41, 5.74) is 0. The summed E-state index contributed by atoms with van der Waals surface area (Å²) in [6.45, 7) is 5.81. The number of nitrogens with one attached hydrogen (secondary N) is 1. The second-order valence-electron chi connectivity index (χ2n) is 5.68. The van der Waals surface area contributed by atoms with Crippen molar-refractivity contribution in [3.63, 3.8) is 0 Å². The molecule has 0 bridgehead atoms. The highest BCUT2D eigenvalue weighted by Crippen LogP contribution is 2.39. The summed E-state index contributed by atoms with van der Waals surface area (Å²) in [6.07, 6.45) is 7.27. The molecule has 1 aliphatic heterocycles. The van der Waals surface area contributed by atoms with Gasteiger partial charge in [-0.2, -0.15) is 23.5 Å². The maximum Gasteiger partial charge on any atom is 0.0294 e. The quantitative estimate of drug-likeness (QED) is 0.820. The zero-order chi connectivity index (χ0) is 12.8. The van der Waals surface area contributed by atoms with Crippen molar-refractivity contribution >= 4 is 23.5 Å². The molecular formula is C15H29NS2. The molecule has 18 heavy (non-hydrogen) atoms. The summed E-state index contributed by atoms with van der Waals surface area (Å²) in [5.74, 6) is 6.02. The number of rotatable bonds is 5. The highest BCUT2D eigenvalue weighted by atomic mass is 32.2. The van der Waals surface area contributed by atoms with Crippen molar-refractivity contribution < 1.29 is 0 Å². The van der Waals surface area contributed by atoms with Gasteiger partial charge in [0, 0.05) is 28.6 Å². The summed E-state index contributed by atoms with van der Waals surface area (Å²) < 4.78 is 0. The Bertz CT molecular complexity index is 229. The highest BCUT2D eigenvalue weighted by Gasteiger charge is 2.35. The topological polar surface area (TPSA) is 12.0 Å². The minimum absolute atomic E-state index is 0.776. The van der Waals surface area contributed by atoms with E-state index in [4.69, 9.17) is 0 Å². The van der Waals surface area contributed by atoms with Gasteiger partial charge >= 0.3 is 0 Å². The molecule has 0 amide bonds. The first kappa shape index (κ1) is 15.1. The van der Waals surface area contributed by atoms with Crippen LogP contribution in [0, 0.1) is 11.8 Å². The summed E-state index contributed by atoms with van der Waals surface area (Å²) in [5, 5.41) is 4.71. The Hall–Kier alpha value is 0.660. The minimum Gasteiger partial charge on any atom is -0.313 e. The Morgan fingerprint density at radius 2 is 2.00 bits per heavy atom. The van der Waals surface area contributed by atoms with Crippen LogP contribution >= 0.6 is 23.5 Å². The van der Waals surface area contributed by atoms with E-state index in [1.807, 2.05) is 0 Å². The molecule has 1 nitrogen and oxygen atoms in total. The smallest absolute Gasteiger partial charge is 0.0294 e. The van der Waals surface area contributed by atoms with Gasteiger partial charge in [-0.1, -0.05) is 39.5 Å². The van der Waals surface area contributed by atoms with Crippen LogP contribution < -0.4 is 5.32 Å². The van der Waals surface area contributed by atoms with Crippen LogP contribution in [0.5, 0.6) is 0 Å². The summed E-state index contributed by atoms with van der Waals surface area (Å²) >= 11 is 4.40. The molecule has 106 valence electrons. The maximum atomic E-state index is 3.85. The SMILES string of the molecule is CCNC(C1CSCCS1)C1CCCCC1CC.